The lowest BCUT2D eigenvalue weighted by Gasteiger charge is -2.30. The predicted molar refractivity (Wildman–Crippen MR) is 222 cm³/mol. The van der Waals surface area contributed by atoms with Crippen molar-refractivity contribution < 1.29 is 33.4 Å². The summed E-state index contributed by atoms with van der Waals surface area (Å²) in [7, 11) is 4.03. The van der Waals surface area contributed by atoms with Crippen LogP contribution in [0.15, 0.2) is 54.7 Å². The van der Waals surface area contributed by atoms with Crippen LogP contribution in [-0.4, -0.2) is 118 Å². The van der Waals surface area contributed by atoms with Crippen molar-refractivity contribution >= 4 is 47.4 Å². The van der Waals surface area contributed by atoms with Gasteiger partial charge in [-0.2, -0.15) is 11.8 Å². The fourth-order valence-corrected chi connectivity index (χ4v) is 8.51. The number of hydrogen-bond donors (Lipinski definition) is 4. The van der Waals surface area contributed by atoms with Gasteiger partial charge in [0.05, 0.1) is 44.3 Å². The standard InChI is InChI=1S/C41H51ClN8O7S/c1-22(2)32(46-40(53)56-5)38(51)49-18-8-9-30(49)37-45-34(35(42)48-37)27-16-12-25(13-17-27)24-10-14-26(15-11-24)29-20-43-36(44-29)31-19-28(58-7)21-50(31)39(52)33(23(3)55-4)47-41(54)57-6/h10-17,20,22-23,28,30-33H,8-9,18-19,21H2,1-7H3,(H,43,44)(H,45,48)(H,46,53)(H,47,54)/t23?,28-,30-,31-,32-,33-/m0/s1. The number of nitrogens with zero attached hydrogens (tertiary/aromatic N) is 4. The minimum Gasteiger partial charge on any atom is -0.453 e. The number of H-pyrrole nitrogens is 2. The Labute approximate surface area is 347 Å². The molecule has 6 atom stereocenters. The first-order valence-corrected chi connectivity index (χ1v) is 20.9. The van der Waals surface area contributed by atoms with Crippen molar-refractivity contribution in [3.63, 3.8) is 0 Å². The Morgan fingerprint density at radius 1 is 0.810 bits per heavy atom. The second-order valence-electron chi connectivity index (χ2n) is 14.8. The number of methoxy groups -OCH3 is 3. The van der Waals surface area contributed by atoms with Crippen LogP contribution in [0.2, 0.25) is 5.15 Å². The lowest BCUT2D eigenvalue weighted by atomic mass is 10.0. The Morgan fingerprint density at radius 2 is 1.40 bits per heavy atom. The highest BCUT2D eigenvalue weighted by molar-refractivity contribution is 7.99. The van der Waals surface area contributed by atoms with E-state index >= 15 is 0 Å². The zero-order valence-corrected chi connectivity index (χ0v) is 35.3. The zero-order valence-electron chi connectivity index (χ0n) is 33.7. The van der Waals surface area contributed by atoms with Crippen LogP contribution >= 0.6 is 23.4 Å². The number of halogens is 1. The summed E-state index contributed by atoms with van der Waals surface area (Å²) in [4.78, 5) is 71.3. The Hall–Kier alpha value is -5.06. The second-order valence-corrected chi connectivity index (χ2v) is 16.3. The molecular formula is C41H51ClN8O7S. The molecule has 0 bridgehead atoms. The van der Waals surface area contributed by atoms with Gasteiger partial charge in [-0.3, -0.25) is 9.59 Å². The van der Waals surface area contributed by atoms with Crippen LogP contribution in [0.3, 0.4) is 0 Å². The first-order chi connectivity index (χ1) is 27.9. The van der Waals surface area contributed by atoms with Gasteiger partial charge in [-0.15, -0.1) is 0 Å². The van der Waals surface area contributed by atoms with Crippen LogP contribution in [-0.2, 0) is 23.8 Å². The number of nitrogens with one attached hydrogen (secondary N) is 4. The SMILES string of the molecule is COC(=O)N[C@H](C(=O)N1CCC[C@H]1c1nc(-c2ccc(-c3ccc(-c4cnc([C@@H]5C[C@H](SC)CN5C(=O)[C@@H](NC(=O)OC)C(C)OC)[nH]4)cc3)cc2)c(Cl)[nH]1)C(C)C. The monoisotopic (exact) mass is 834 g/mol. The molecule has 2 aromatic heterocycles. The molecular weight excluding hydrogens is 784 g/mol. The second kappa shape index (κ2) is 18.7. The van der Waals surface area contributed by atoms with Crippen molar-refractivity contribution in [2.45, 2.75) is 75.6 Å². The fourth-order valence-electron chi connectivity index (χ4n) is 7.58. The fraction of sp³-hybridized carbons (Fsp3) is 0.463. The molecule has 58 heavy (non-hydrogen) atoms. The molecule has 0 saturated carbocycles. The molecule has 310 valence electrons. The van der Waals surface area contributed by atoms with Crippen LogP contribution in [0.1, 0.15) is 63.8 Å². The van der Waals surface area contributed by atoms with Crippen molar-refractivity contribution in [2.75, 3.05) is 40.7 Å². The largest absolute Gasteiger partial charge is 0.453 e. The molecule has 0 radical (unpaired) electrons. The van der Waals surface area contributed by atoms with E-state index in [1.807, 2.05) is 68.6 Å². The van der Waals surface area contributed by atoms with Crippen LogP contribution in [0.4, 0.5) is 9.59 Å². The molecule has 4 aromatic rings. The van der Waals surface area contributed by atoms with Gasteiger partial charge in [-0.1, -0.05) is 74.0 Å². The number of aromatic amines is 2. The number of carbonyl (C=O) groups excluding carboxylic acids is 4. The molecule has 2 aromatic carbocycles. The Bertz CT molecular complexity index is 2070. The van der Waals surface area contributed by atoms with Crippen molar-refractivity contribution in [1.29, 1.82) is 0 Å². The van der Waals surface area contributed by atoms with E-state index in [1.165, 1.54) is 21.3 Å². The van der Waals surface area contributed by atoms with E-state index in [1.54, 1.807) is 34.7 Å². The van der Waals surface area contributed by atoms with Gasteiger partial charge in [-0.05, 0) is 55.1 Å². The van der Waals surface area contributed by atoms with E-state index in [9.17, 15) is 19.2 Å². The molecule has 17 heteroatoms. The Morgan fingerprint density at radius 3 is 1.98 bits per heavy atom. The number of imidazole rings is 2. The highest BCUT2D eigenvalue weighted by Crippen LogP contribution is 2.38. The topological polar surface area (TPSA) is 184 Å². The highest BCUT2D eigenvalue weighted by atomic mass is 35.5. The number of aromatic nitrogens is 4. The maximum absolute atomic E-state index is 13.9. The van der Waals surface area contributed by atoms with Crippen LogP contribution in [0.5, 0.6) is 0 Å². The van der Waals surface area contributed by atoms with Gasteiger partial charge >= 0.3 is 12.2 Å². The molecule has 4 N–H and O–H groups in total. The molecule has 2 fully saturated rings. The van der Waals surface area contributed by atoms with E-state index in [0.29, 0.717) is 42.0 Å². The summed E-state index contributed by atoms with van der Waals surface area (Å²) in [5.74, 6) is 0.687. The molecule has 0 aliphatic carbocycles. The molecule has 2 aliphatic rings. The number of rotatable bonds is 13. The first-order valence-electron chi connectivity index (χ1n) is 19.2. The Kier molecular flexibility index (Phi) is 13.7. The molecule has 1 unspecified atom stereocenters. The summed E-state index contributed by atoms with van der Waals surface area (Å²) >= 11 is 8.40. The van der Waals surface area contributed by atoms with Gasteiger partial charge in [-0.25, -0.2) is 19.6 Å². The molecule has 4 heterocycles. The Balaban J connectivity index is 1.15. The minimum atomic E-state index is -0.924. The average Bonchev–Trinajstić information content (AvgIpc) is 4.07. The molecule has 2 saturated heterocycles. The first kappa shape index (κ1) is 42.5. The van der Waals surface area contributed by atoms with Gasteiger partial charge in [0.1, 0.15) is 34.6 Å². The number of carbonyl (C=O) groups is 4. The normalized spacial score (nSPS) is 19.5. The summed E-state index contributed by atoms with van der Waals surface area (Å²) in [5, 5.41) is 5.90. The number of hydrogen-bond acceptors (Lipinski definition) is 10. The molecule has 6 rings (SSSR count). The predicted octanol–water partition coefficient (Wildman–Crippen LogP) is 6.60. The van der Waals surface area contributed by atoms with E-state index in [2.05, 4.69) is 20.6 Å². The number of ether oxygens (including phenoxy) is 3. The van der Waals surface area contributed by atoms with Crippen molar-refractivity contribution in [3.8, 4) is 33.6 Å². The van der Waals surface area contributed by atoms with Gasteiger partial charge < -0.3 is 44.6 Å². The van der Waals surface area contributed by atoms with Crippen molar-refractivity contribution in [1.82, 2.24) is 40.4 Å². The number of alkyl carbamates (subject to hydrolysis) is 2. The minimum absolute atomic E-state index is 0.138. The lowest BCUT2D eigenvalue weighted by Crippen LogP contribution is -2.54. The summed E-state index contributed by atoms with van der Waals surface area (Å²) in [5.41, 5.74) is 5.19. The molecule has 15 nitrogen and oxygen atoms in total. The van der Waals surface area contributed by atoms with Gasteiger partial charge in [0.2, 0.25) is 11.8 Å². The van der Waals surface area contributed by atoms with Gasteiger partial charge in [0.15, 0.2) is 0 Å². The maximum atomic E-state index is 13.9. The van der Waals surface area contributed by atoms with E-state index in [4.69, 9.17) is 35.8 Å². The third-order valence-electron chi connectivity index (χ3n) is 11.0. The van der Waals surface area contributed by atoms with Gasteiger partial charge in [0, 0.05) is 31.0 Å². The quantitative estimate of drug-likeness (QED) is 0.115. The summed E-state index contributed by atoms with van der Waals surface area (Å²) in [6.45, 7) is 6.55. The zero-order chi connectivity index (χ0) is 41.7. The van der Waals surface area contributed by atoms with Crippen LogP contribution < -0.4 is 10.6 Å². The molecule has 0 spiro atoms. The van der Waals surface area contributed by atoms with Crippen LogP contribution in [0.25, 0.3) is 33.6 Å². The van der Waals surface area contributed by atoms with Crippen molar-refractivity contribution in [3.05, 3.63) is 71.5 Å². The number of likely N-dealkylation sites (tertiary alicyclic amines) is 2. The van der Waals surface area contributed by atoms with Gasteiger partial charge in [0.25, 0.3) is 0 Å². The number of amides is 4. The van der Waals surface area contributed by atoms with Crippen molar-refractivity contribution in [2.24, 2.45) is 5.92 Å². The third kappa shape index (κ3) is 9.13. The summed E-state index contributed by atoms with van der Waals surface area (Å²) < 4.78 is 15.0. The molecule has 4 amide bonds. The summed E-state index contributed by atoms with van der Waals surface area (Å²) in [6, 6.07) is 13.8. The molecule has 2 aliphatic heterocycles. The lowest BCUT2D eigenvalue weighted by molar-refractivity contribution is -0.137. The van der Waals surface area contributed by atoms with E-state index < -0.39 is 30.4 Å². The smallest absolute Gasteiger partial charge is 0.407 e. The average molecular weight is 835 g/mol. The number of thioether (sulfide) groups is 1. The van der Waals surface area contributed by atoms with E-state index in [-0.39, 0.29) is 35.1 Å². The summed E-state index contributed by atoms with van der Waals surface area (Å²) in [6.07, 6.45) is 4.10. The van der Waals surface area contributed by atoms with E-state index in [0.717, 1.165) is 40.8 Å². The van der Waals surface area contributed by atoms with Crippen LogP contribution in [0, 0.1) is 5.92 Å². The number of benzene rings is 2. The highest BCUT2D eigenvalue weighted by Gasteiger charge is 2.42. The third-order valence-corrected chi connectivity index (χ3v) is 12.2. The maximum Gasteiger partial charge on any atom is 0.407 e.